The van der Waals surface area contributed by atoms with Crippen LogP contribution in [0.25, 0.3) is 0 Å². The van der Waals surface area contributed by atoms with Crippen molar-refractivity contribution in [3.8, 4) is 0 Å². The van der Waals surface area contributed by atoms with Gasteiger partial charge in [-0.05, 0) is 32.9 Å². The Morgan fingerprint density at radius 1 is 1.53 bits per heavy atom. The highest BCUT2D eigenvalue weighted by Crippen LogP contribution is 2.20. The van der Waals surface area contributed by atoms with Gasteiger partial charge in [-0.1, -0.05) is 0 Å². The van der Waals surface area contributed by atoms with Gasteiger partial charge >= 0.3 is 6.09 Å². The van der Waals surface area contributed by atoms with E-state index >= 15 is 0 Å². The van der Waals surface area contributed by atoms with Gasteiger partial charge in [0.2, 0.25) is 0 Å². The number of hydrogen-bond donors (Lipinski definition) is 0. The maximum Gasteiger partial charge on any atom is 0.410 e. The molecule has 1 aromatic rings. The summed E-state index contributed by atoms with van der Waals surface area (Å²) in [6.07, 6.45) is 1.10. The number of hydrogen-bond acceptors (Lipinski definition) is 4. The van der Waals surface area contributed by atoms with Crippen LogP contribution in [0.2, 0.25) is 0 Å². The molecule has 1 unspecified atom stereocenters. The van der Waals surface area contributed by atoms with Crippen LogP contribution in [0, 0.1) is 5.82 Å². The molecule has 1 heterocycles. The molecule has 1 aromatic heterocycles. The van der Waals surface area contributed by atoms with Crippen LogP contribution in [-0.4, -0.2) is 34.9 Å². The molecule has 0 radical (unpaired) electrons. The van der Waals surface area contributed by atoms with Crippen molar-refractivity contribution in [1.29, 1.82) is 0 Å². The van der Waals surface area contributed by atoms with Gasteiger partial charge in [-0.25, -0.2) is 9.18 Å². The summed E-state index contributed by atoms with van der Waals surface area (Å²) in [7, 11) is 1.36. The summed E-state index contributed by atoms with van der Waals surface area (Å²) in [5, 5.41) is 0. The summed E-state index contributed by atoms with van der Waals surface area (Å²) in [6, 6.07) is 1.48. The van der Waals surface area contributed by atoms with Crippen molar-refractivity contribution in [2.75, 3.05) is 7.05 Å². The van der Waals surface area contributed by atoms with Crippen LogP contribution in [0.5, 0.6) is 0 Å². The second kappa shape index (κ2) is 5.77. The van der Waals surface area contributed by atoms with Crippen molar-refractivity contribution >= 4 is 12.4 Å². The molecule has 0 aromatic carbocycles. The summed E-state index contributed by atoms with van der Waals surface area (Å²) < 4.78 is 18.7. The maximum absolute atomic E-state index is 13.6. The van der Waals surface area contributed by atoms with E-state index in [-0.39, 0.29) is 5.69 Å². The number of likely N-dealkylation sites (N-methyl/N-ethyl adjacent to an activating group) is 1. The molecule has 0 spiro atoms. The second-order valence-corrected chi connectivity index (χ2v) is 5.04. The number of nitrogens with zero attached hydrogens (tertiary/aromatic N) is 2. The Hall–Kier alpha value is -1.98. The molecule has 0 aliphatic rings. The van der Waals surface area contributed by atoms with E-state index in [2.05, 4.69) is 4.98 Å². The molecule has 6 heteroatoms. The Kier molecular flexibility index (Phi) is 4.58. The fourth-order valence-electron chi connectivity index (χ4n) is 1.40. The number of ether oxygens (including phenoxy) is 1. The molecule has 5 nitrogen and oxygen atoms in total. The van der Waals surface area contributed by atoms with Gasteiger partial charge in [0, 0.05) is 13.2 Å². The number of pyridine rings is 1. The Balaban J connectivity index is 2.95. The molecule has 19 heavy (non-hydrogen) atoms. The highest BCUT2D eigenvalue weighted by molar-refractivity contribution is 5.74. The van der Waals surface area contributed by atoms with Crippen molar-refractivity contribution in [2.45, 2.75) is 32.4 Å². The lowest BCUT2D eigenvalue weighted by Gasteiger charge is -2.27. The van der Waals surface area contributed by atoms with Crippen molar-refractivity contribution in [3.05, 3.63) is 29.8 Å². The van der Waals surface area contributed by atoms with Crippen LogP contribution in [0.3, 0.4) is 0 Å². The van der Waals surface area contributed by atoms with E-state index in [9.17, 15) is 14.0 Å². The zero-order chi connectivity index (χ0) is 14.6. The summed E-state index contributed by atoms with van der Waals surface area (Å²) in [5.41, 5.74) is -0.799. The second-order valence-electron chi connectivity index (χ2n) is 5.04. The van der Waals surface area contributed by atoms with Gasteiger partial charge in [0.25, 0.3) is 0 Å². The third-order valence-electron chi connectivity index (χ3n) is 2.29. The number of halogens is 1. The largest absolute Gasteiger partial charge is 0.444 e. The average molecular weight is 268 g/mol. The van der Waals surface area contributed by atoms with Crippen LogP contribution < -0.4 is 0 Å². The molecule has 1 atom stereocenters. The molecule has 0 aliphatic heterocycles. The predicted molar refractivity (Wildman–Crippen MR) is 67.0 cm³/mol. The Labute approximate surface area is 111 Å². The van der Waals surface area contributed by atoms with Crippen LogP contribution in [0.1, 0.15) is 32.5 Å². The van der Waals surface area contributed by atoms with Crippen LogP contribution in [0.4, 0.5) is 9.18 Å². The third-order valence-corrected chi connectivity index (χ3v) is 2.29. The minimum Gasteiger partial charge on any atom is -0.444 e. The fraction of sp³-hybridized carbons (Fsp3) is 0.462. The third kappa shape index (κ3) is 4.01. The van der Waals surface area contributed by atoms with Crippen molar-refractivity contribution in [3.63, 3.8) is 0 Å². The van der Waals surface area contributed by atoms with Gasteiger partial charge in [0.15, 0.2) is 0 Å². The van der Waals surface area contributed by atoms with E-state index in [4.69, 9.17) is 4.74 Å². The van der Waals surface area contributed by atoms with Gasteiger partial charge in [-0.3, -0.25) is 9.88 Å². The van der Waals surface area contributed by atoms with E-state index < -0.39 is 23.6 Å². The first-order valence-corrected chi connectivity index (χ1v) is 5.78. The Morgan fingerprint density at radius 3 is 2.63 bits per heavy atom. The van der Waals surface area contributed by atoms with Crippen molar-refractivity contribution in [2.24, 2.45) is 0 Å². The molecule has 104 valence electrons. The molecule has 1 rings (SSSR count). The van der Waals surface area contributed by atoms with E-state index in [0.717, 1.165) is 4.90 Å². The summed E-state index contributed by atoms with van der Waals surface area (Å²) in [4.78, 5) is 27.8. The van der Waals surface area contributed by atoms with Gasteiger partial charge in [-0.2, -0.15) is 0 Å². The first-order valence-electron chi connectivity index (χ1n) is 5.78. The van der Waals surface area contributed by atoms with Crippen LogP contribution in [-0.2, 0) is 9.53 Å². The lowest BCUT2D eigenvalue weighted by molar-refractivity contribution is -0.112. The van der Waals surface area contributed by atoms with Gasteiger partial charge in [-0.15, -0.1) is 0 Å². The Bertz CT molecular complexity index is 471. The molecular formula is C13H17FN2O3. The summed E-state index contributed by atoms with van der Waals surface area (Å²) in [5.74, 6) is -0.644. The summed E-state index contributed by atoms with van der Waals surface area (Å²) in [6.45, 7) is 5.11. The van der Waals surface area contributed by atoms with E-state index in [1.54, 1.807) is 20.8 Å². The highest BCUT2D eigenvalue weighted by Gasteiger charge is 2.28. The summed E-state index contributed by atoms with van der Waals surface area (Å²) >= 11 is 0. The zero-order valence-electron chi connectivity index (χ0n) is 11.4. The minimum atomic E-state index is -1.11. The molecule has 0 aliphatic carbocycles. The zero-order valence-corrected chi connectivity index (χ0v) is 11.4. The average Bonchev–Trinajstić information content (AvgIpc) is 2.30. The van der Waals surface area contributed by atoms with Gasteiger partial charge in [0.05, 0.1) is 0 Å². The standard InChI is InChI=1S/C13H17FN2O3/c1-13(2,3)19-12(18)16(4)10(8-17)11-9(14)6-5-7-15-11/h5-8,10H,1-4H3. The van der Waals surface area contributed by atoms with Gasteiger partial charge < -0.3 is 9.53 Å². The number of rotatable bonds is 3. The first-order chi connectivity index (χ1) is 8.76. The predicted octanol–water partition coefficient (Wildman–Crippen LogP) is 2.33. The van der Waals surface area contributed by atoms with Crippen molar-refractivity contribution in [1.82, 2.24) is 9.88 Å². The SMILES string of the molecule is CN(C(=O)OC(C)(C)C)C(C=O)c1ncccc1F. The van der Waals surface area contributed by atoms with E-state index in [1.165, 1.54) is 25.4 Å². The maximum atomic E-state index is 13.6. The Morgan fingerprint density at radius 2 is 2.16 bits per heavy atom. The van der Waals surface area contributed by atoms with E-state index in [0.29, 0.717) is 6.29 Å². The van der Waals surface area contributed by atoms with Crippen LogP contribution >= 0.6 is 0 Å². The molecule has 0 fully saturated rings. The lowest BCUT2D eigenvalue weighted by Crippen LogP contribution is -2.37. The smallest absolute Gasteiger partial charge is 0.410 e. The van der Waals surface area contributed by atoms with Gasteiger partial charge in [0.1, 0.15) is 29.4 Å². The fourth-order valence-corrected chi connectivity index (χ4v) is 1.40. The first kappa shape index (κ1) is 15.1. The van der Waals surface area contributed by atoms with Crippen molar-refractivity contribution < 1.29 is 18.7 Å². The topological polar surface area (TPSA) is 59.5 Å². The number of aldehydes is 1. The molecule has 0 N–H and O–H groups in total. The molecule has 1 amide bonds. The number of amides is 1. The molecule has 0 saturated carbocycles. The number of carbonyl (C=O) groups is 2. The monoisotopic (exact) mass is 268 g/mol. The molecule has 0 bridgehead atoms. The molecular weight excluding hydrogens is 251 g/mol. The normalized spacial score (nSPS) is 12.7. The molecule has 0 saturated heterocycles. The lowest BCUT2D eigenvalue weighted by atomic mass is 10.1. The number of aromatic nitrogens is 1. The quantitative estimate of drug-likeness (QED) is 0.789. The number of carbonyl (C=O) groups excluding carboxylic acids is 2. The minimum absolute atomic E-state index is 0.106. The van der Waals surface area contributed by atoms with E-state index in [1.807, 2.05) is 0 Å². The van der Waals surface area contributed by atoms with Crippen LogP contribution in [0.15, 0.2) is 18.3 Å². The highest BCUT2D eigenvalue weighted by atomic mass is 19.1.